The lowest BCUT2D eigenvalue weighted by Gasteiger charge is -2.28. The van der Waals surface area contributed by atoms with Crippen LogP contribution in [0.4, 0.5) is 0 Å². The zero-order chi connectivity index (χ0) is 22.9. The Balaban J connectivity index is 1.38. The number of fused-ring (bicyclic) bond motifs is 1. The average Bonchev–Trinajstić information content (AvgIpc) is 3.51. The van der Waals surface area contributed by atoms with E-state index in [-0.39, 0.29) is 18.1 Å². The Hall–Kier alpha value is -2.68. The highest BCUT2D eigenvalue weighted by atomic mass is 35.5. The Morgan fingerprint density at radius 1 is 1.33 bits per heavy atom. The summed E-state index contributed by atoms with van der Waals surface area (Å²) < 4.78 is 7.99. The minimum Gasteiger partial charge on any atom is -0.467 e. The number of hydrogen-bond donors (Lipinski definition) is 1. The number of rotatable bonds is 5. The second kappa shape index (κ2) is 9.29. The van der Waals surface area contributed by atoms with E-state index in [2.05, 4.69) is 21.6 Å². The molecule has 1 amide bonds. The zero-order valence-electron chi connectivity index (χ0n) is 18.2. The van der Waals surface area contributed by atoms with Gasteiger partial charge in [0, 0.05) is 34.9 Å². The van der Waals surface area contributed by atoms with Gasteiger partial charge in [-0.3, -0.25) is 9.20 Å². The predicted octanol–water partition coefficient (Wildman–Crippen LogP) is 3.94. The molecule has 0 aliphatic carbocycles. The van der Waals surface area contributed by atoms with E-state index in [4.69, 9.17) is 32.9 Å². The summed E-state index contributed by atoms with van der Waals surface area (Å²) in [6, 6.07) is 5.26. The quantitative estimate of drug-likeness (QED) is 0.587. The lowest BCUT2D eigenvalue weighted by molar-refractivity contribution is -0.132. The Morgan fingerprint density at radius 2 is 2.21 bits per heavy atom. The summed E-state index contributed by atoms with van der Waals surface area (Å²) in [4.78, 5) is 19.4. The molecule has 8 nitrogen and oxygen atoms in total. The van der Waals surface area contributed by atoms with Gasteiger partial charge in [0.1, 0.15) is 12.4 Å². The third-order valence-corrected chi connectivity index (χ3v) is 6.71. The van der Waals surface area contributed by atoms with Crippen LogP contribution < -0.4 is 10.1 Å². The van der Waals surface area contributed by atoms with E-state index in [0.29, 0.717) is 34.7 Å². The summed E-state index contributed by atoms with van der Waals surface area (Å²) in [6.07, 6.45) is 7.90. The van der Waals surface area contributed by atoms with Crippen molar-refractivity contribution >= 4 is 40.3 Å². The maximum Gasteiger partial charge on any atom is 0.261 e. The van der Waals surface area contributed by atoms with Crippen molar-refractivity contribution in [3.05, 3.63) is 58.1 Å². The molecule has 0 radical (unpaired) electrons. The van der Waals surface area contributed by atoms with Crippen LogP contribution in [0.1, 0.15) is 43.5 Å². The molecule has 1 saturated heterocycles. The third-order valence-electron chi connectivity index (χ3n) is 6.14. The topological polar surface area (TPSA) is 84.7 Å². The van der Waals surface area contributed by atoms with Crippen LogP contribution in [0.3, 0.4) is 0 Å². The maximum absolute atomic E-state index is 12.7. The molecule has 1 fully saturated rings. The predicted molar refractivity (Wildman–Crippen MR) is 126 cm³/mol. The number of carbonyl (C=O) groups is 1. The first kappa shape index (κ1) is 22.1. The van der Waals surface area contributed by atoms with E-state index in [0.717, 1.165) is 42.6 Å². The molecular weight excluding hydrogens is 463 g/mol. The van der Waals surface area contributed by atoms with Gasteiger partial charge in [0.25, 0.3) is 5.88 Å². The molecule has 3 aromatic rings. The fourth-order valence-electron chi connectivity index (χ4n) is 4.32. The molecule has 10 heteroatoms. The monoisotopic (exact) mass is 486 g/mol. The van der Waals surface area contributed by atoms with E-state index >= 15 is 0 Å². The first-order valence-electron chi connectivity index (χ1n) is 11.0. The molecule has 4 heterocycles. The summed E-state index contributed by atoms with van der Waals surface area (Å²) in [5, 5.41) is 12.5. The third kappa shape index (κ3) is 4.55. The first-order valence-corrected chi connectivity index (χ1v) is 11.8. The van der Waals surface area contributed by atoms with Gasteiger partial charge in [0.2, 0.25) is 11.6 Å². The Labute approximate surface area is 201 Å². The molecular formula is C23H24Cl2N6O2. The van der Waals surface area contributed by atoms with Gasteiger partial charge in [0.05, 0.1) is 11.7 Å². The Morgan fingerprint density at radius 3 is 2.94 bits per heavy atom. The van der Waals surface area contributed by atoms with E-state index in [1.165, 1.54) is 0 Å². The Bertz CT molecular complexity index is 1220. The number of aromatic nitrogens is 4. The van der Waals surface area contributed by atoms with E-state index in [1.807, 2.05) is 24.1 Å². The van der Waals surface area contributed by atoms with Crippen molar-refractivity contribution in [2.24, 2.45) is 0 Å². The molecule has 0 saturated carbocycles. The van der Waals surface area contributed by atoms with Gasteiger partial charge < -0.3 is 15.0 Å². The highest BCUT2D eigenvalue weighted by Gasteiger charge is 2.28. The molecule has 0 unspecified atom stereocenters. The number of benzene rings is 1. The van der Waals surface area contributed by atoms with E-state index in [9.17, 15) is 4.79 Å². The molecule has 0 bridgehead atoms. The van der Waals surface area contributed by atoms with Crippen molar-refractivity contribution in [1.29, 1.82) is 0 Å². The van der Waals surface area contributed by atoms with Crippen LogP contribution in [-0.2, 0) is 4.79 Å². The minimum absolute atomic E-state index is 0.0485. The van der Waals surface area contributed by atoms with Crippen LogP contribution in [0.2, 0.25) is 10.0 Å². The SMILES string of the molecule is C[C@@H](Oc1nc(C2=CCN(C(=O)[C@H]3CCCN3)CC2)cn2cnnc12)c1ccc(Cl)cc1Cl. The standard InChI is InChI=1S/C23H24Cl2N6O2/c1-14(17-5-4-16(24)11-18(17)25)33-22-21-29-27-13-31(21)12-20(28-22)15-6-9-30(10-7-15)23(32)19-3-2-8-26-19/h4-6,11-14,19,26H,2-3,7-10H2,1H3/t14-,19-/m1/s1. The number of ether oxygens (including phenoxy) is 1. The van der Waals surface area contributed by atoms with Crippen LogP contribution in [0, 0.1) is 0 Å². The fourth-order valence-corrected chi connectivity index (χ4v) is 4.89. The normalized spacial score (nSPS) is 19.5. The van der Waals surface area contributed by atoms with Crippen LogP contribution >= 0.6 is 23.2 Å². The number of nitrogens with one attached hydrogen (secondary N) is 1. The van der Waals surface area contributed by atoms with Gasteiger partial charge in [-0.25, -0.2) is 4.98 Å². The molecule has 2 aliphatic rings. The minimum atomic E-state index is -0.370. The number of carbonyl (C=O) groups excluding carboxylic acids is 1. The number of nitrogens with zero attached hydrogens (tertiary/aromatic N) is 5. The first-order chi connectivity index (χ1) is 16.0. The number of amides is 1. The second-order valence-corrected chi connectivity index (χ2v) is 9.18. The van der Waals surface area contributed by atoms with Gasteiger partial charge in [0.15, 0.2) is 0 Å². The molecule has 2 aromatic heterocycles. The molecule has 33 heavy (non-hydrogen) atoms. The lowest BCUT2D eigenvalue weighted by atomic mass is 10.0. The molecule has 1 aromatic carbocycles. The van der Waals surface area contributed by atoms with Crippen molar-refractivity contribution in [2.45, 2.75) is 38.3 Å². The van der Waals surface area contributed by atoms with Crippen molar-refractivity contribution < 1.29 is 9.53 Å². The average molecular weight is 487 g/mol. The van der Waals surface area contributed by atoms with Crippen LogP contribution in [0.5, 0.6) is 5.88 Å². The lowest BCUT2D eigenvalue weighted by Crippen LogP contribution is -2.45. The number of hydrogen-bond acceptors (Lipinski definition) is 6. The van der Waals surface area contributed by atoms with Gasteiger partial charge in [-0.15, -0.1) is 10.2 Å². The molecule has 172 valence electrons. The van der Waals surface area contributed by atoms with Gasteiger partial charge in [-0.05, 0) is 50.4 Å². The van der Waals surface area contributed by atoms with Crippen molar-refractivity contribution in [1.82, 2.24) is 29.8 Å². The molecule has 1 N–H and O–H groups in total. The highest BCUT2D eigenvalue weighted by molar-refractivity contribution is 6.35. The molecule has 2 aliphatic heterocycles. The second-order valence-electron chi connectivity index (χ2n) is 8.33. The van der Waals surface area contributed by atoms with Crippen LogP contribution in [-0.4, -0.2) is 56.1 Å². The molecule has 2 atom stereocenters. The summed E-state index contributed by atoms with van der Waals surface area (Å²) in [7, 11) is 0. The van der Waals surface area contributed by atoms with E-state index < -0.39 is 0 Å². The van der Waals surface area contributed by atoms with Crippen LogP contribution in [0.25, 0.3) is 11.2 Å². The Kier molecular flexibility index (Phi) is 6.23. The smallest absolute Gasteiger partial charge is 0.261 e. The van der Waals surface area contributed by atoms with Crippen molar-refractivity contribution in [3.63, 3.8) is 0 Å². The maximum atomic E-state index is 12.7. The fraction of sp³-hybridized carbons (Fsp3) is 0.391. The zero-order valence-corrected chi connectivity index (χ0v) is 19.7. The van der Waals surface area contributed by atoms with Gasteiger partial charge in [-0.2, -0.15) is 0 Å². The summed E-state index contributed by atoms with van der Waals surface area (Å²) >= 11 is 12.4. The highest BCUT2D eigenvalue weighted by Crippen LogP contribution is 2.31. The summed E-state index contributed by atoms with van der Waals surface area (Å²) in [6.45, 7) is 4.05. The van der Waals surface area contributed by atoms with Crippen molar-refractivity contribution in [2.75, 3.05) is 19.6 Å². The molecule has 5 rings (SSSR count). The number of halogens is 2. The van der Waals surface area contributed by atoms with Crippen LogP contribution in [0.15, 0.2) is 36.8 Å². The summed E-state index contributed by atoms with van der Waals surface area (Å²) in [5.41, 5.74) is 3.17. The van der Waals surface area contributed by atoms with E-state index in [1.54, 1.807) is 22.9 Å². The van der Waals surface area contributed by atoms with Gasteiger partial charge >= 0.3 is 0 Å². The molecule has 0 spiro atoms. The van der Waals surface area contributed by atoms with Gasteiger partial charge in [-0.1, -0.05) is 35.3 Å². The largest absolute Gasteiger partial charge is 0.467 e. The summed E-state index contributed by atoms with van der Waals surface area (Å²) in [5.74, 6) is 0.556. The van der Waals surface area contributed by atoms with Crippen molar-refractivity contribution in [3.8, 4) is 5.88 Å².